The highest BCUT2D eigenvalue weighted by Crippen LogP contribution is 2.43. The van der Waals surface area contributed by atoms with Crippen molar-refractivity contribution in [2.45, 2.75) is 38.6 Å². The second kappa shape index (κ2) is 4.96. The highest BCUT2D eigenvalue weighted by molar-refractivity contribution is 5.89. The number of carboxylic acids is 1. The lowest BCUT2D eigenvalue weighted by atomic mass is 10.1. The number of carbonyl (C=O) groups excluding carboxylic acids is 1. The maximum Gasteiger partial charge on any atom is 0.307 e. The van der Waals surface area contributed by atoms with Crippen molar-refractivity contribution in [1.29, 1.82) is 0 Å². The van der Waals surface area contributed by atoms with Crippen LogP contribution in [0.15, 0.2) is 16.5 Å². The number of hydrogen-bond acceptors (Lipinski definition) is 3. The second-order valence-corrected chi connectivity index (χ2v) is 5.63. The number of nitrogens with zero attached hydrogens (tertiary/aromatic N) is 1. The van der Waals surface area contributed by atoms with Gasteiger partial charge in [0.1, 0.15) is 11.5 Å². The number of rotatable bonds is 4. The molecule has 1 amide bonds. The smallest absolute Gasteiger partial charge is 0.307 e. The molecule has 1 aromatic heterocycles. The lowest BCUT2D eigenvalue weighted by Gasteiger charge is -2.23. The minimum absolute atomic E-state index is 0.0159. The van der Waals surface area contributed by atoms with Crippen molar-refractivity contribution in [3.05, 3.63) is 23.7 Å². The Morgan fingerprint density at radius 3 is 2.80 bits per heavy atom. The summed E-state index contributed by atoms with van der Waals surface area (Å²) in [6, 6.07) is 3.88. The van der Waals surface area contributed by atoms with Crippen molar-refractivity contribution in [3.63, 3.8) is 0 Å². The quantitative estimate of drug-likeness (QED) is 0.916. The molecule has 2 fully saturated rings. The van der Waals surface area contributed by atoms with Crippen molar-refractivity contribution in [2.24, 2.45) is 11.8 Å². The van der Waals surface area contributed by atoms with Crippen molar-refractivity contribution in [3.8, 4) is 0 Å². The Labute approximate surface area is 117 Å². The summed E-state index contributed by atoms with van der Waals surface area (Å²) in [5.41, 5.74) is 0. The molecule has 0 aromatic carbocycles. The van der Waals surface area contributed by atoms with Crippen LogP contribution in [0.5, 0.6) is 0 Å². The van der Waals surface area contributed by atoms with Gasteiger partial charge in [-0.3, -0.25) is 9.59 Å². The summed E-state index contributed by atoms with van der Waals surface area (Å²) in [6.45, 7) is 2.73. The maximum atomic E-state index is 12.4. The molecular weight excluding hydrogens is 258 g/mol. The van der Waals surface area contributed by atoms with Crippen LogP contribution in [-0.4, -0.2) is 28.4 Å². The van der Waals surface area contributed by atoms with Crippen LogP contribution in [0.1, 0.15) is 43.7 Å². The zero-order chi connectivity index (χ0) is 14.3. The number of likely N-dealkylation sites (tertiary alicyclic amines) is 1. The van der Waals surface area contributed by atoms with Gasteiger partial charge < -0.3 is 14.4 Å². The number of furan rings is 1. The minimum atomic E-state index is -0.856. The normalized spacial score (nSPS) is 28.6. The van der Waals surface area contributed by atoms with Crippen molar-refractivity contribution in [1.82, 2.24) is 4.90 Å². The molecule has 108 valence electrons. The van der Waals surface area contributed by atoms with Gasteiger partial charge >= 0.3 is 5.97 Å². The zero-order valence-corrected chi connectivity index (χ0v) is 11.5. The van der Waals surface area contributed by atoms with Crippen LogP contribution in [-0.2, 0) is 16.0 Å². The Morgan fingerprint density at radius 2 is 2.20 bits per heavy atom. The summed E-state index contributed by atoms with van der Waals surface area (Å²) in [5, 5.41) is 8.94. The summed E-state index contributed by atoms with van der Waals surface area (Å²) in [7, 11) is 0. The molecule has 0 unspecified atom stereocenters. The lowest BCUT2D eigenvalue weighted by molar-refractivity contribution is -0.142. The molecule has 20 heavy (non-hydrogen) atoms. The predicted molar refractivity (Wildman–Crippen MR) is 71.0 cm³/mol. The van der Waals surface area contributed by atoms with Gasteiger partial charge in [-0.05, 0) is 31.4 Å². The van der Waals surface area contributed by atoms with Crippen LogP contribution < -0.4 is 0 Å². The number of hydrogen-bond donors (Lipinski definition) is 1. The monoisotopic (exact) mass is 277 g/mol. The molecule has 0 spiro atoms. The van der Waals surface area contributed by atoms with Gasteiger partial charge in [0.2, 0.25) is 5.91 Å². The third-order valence-corrected chi connectivity index (χ3v) is 4.32. The molecule has 1 saturated heterocycles. The molecular formula is C15H19NO4. The van der Waals surface area contributed by atoms with Gasteiger partial charge in [0.05, 0.1) is 17.9 Å². The first-order valence-corrected chi connectivity index (χ1v) is 7.23. The van der Waals surface area contributed by atoms with E-state index in [0.717, 1.165) is 30.8 Å². The molecule has 1 aliphatic heterocycles. The topological polar surface area (TPSA) is 70.8 Å². The first-order chi connectivity index (χ1) is 9.61. The highest BCUT2D eigenvalue weighted by atomic mass is 16.4. The molecule has 2 heterocycles. The summed E-state index contributed by atoms with van der Waals surface area (Å²) in [4.78, 5) is 25.1. The number of carboxylic acid groups (broad SMARTS) is 1. The van der Waals surface area contributed by atoms with E-state index in [9.17, 15) is 9.59 Å². The molecule has 0 radical (unpaired) electrons. The summed E-state index contributed by atoms with van der Waals surface area (Å²) < 4.78 is 5.76. The van der Waals surface area contributed by atoms with E-state index in [1.165, 1.54) is 0 Å². The first kappa shape index (κ1) is 13.2. The van der Waals surface area contributed by atoms with E-state index in [-0.39, 0.29) is 17.9 Å². The third-order valence-electron chi connectivity index (χ3n) is 4.32. The van der Waals surface area contributed by atoms with Crippen molar-refractivity contribution in [2.75, 3.05) is 6.54 Å². The van der Waals surface area contributed by atoms with Gasteiger partial charge in [0.15, 0.2) is 0 Å². The van der Waals surface area contributed by atoms with Crippen molar-refractivity contribution < 1.29 is 19.1 Å². The predicted octanol–water partition coefficient (Wildman–Crippen LogP) is 2.23. The van der Waals surface area contributed by atoms with Gasteiger partial charge in [-0.1, -0.05) is 6.92 Å². The van der Waals surface area contributed by atoms with Gasteiger partial charge in [-0.15, -0.1) is 0 Å². The van der Waals surface area contributed by atoms with E-state index >= 15 is 0 Å². The largest absolute Gasteiger partial charge is 0.481 e. The lowest BCUT2D eigenvalue weighted by Crippen LogP contribution is -2.32. The van der Waals surface area contributed by atoms with E-state index in [1.807, 2.05) is 24.0 Å². The summed E-state index contributed by atoms with van der Waals surface area (Å²) >= 11 is 0. The Morgan fingerprint density at radius 1 is 1.40 bits per heavy atom. The van der Waals surface area contributed by atoms with Crippen LogP contribution in [0, 0.1) is 11.8 Å². The van der Waals surface area contributed by atoms with Crippen LogP contribution >= 0.6 is 0 Å². The molecule has 1 aromatic rings. The van der Waals surface area contributed by atoms with Crippen LogP contribution in [0.2, 0.25) is 0 Å². The van der Waals surface area contributed by atoms with Gasteiger partial charge in [0.25, 0.3) is 0 Å². The number of aliphatic carboxylic acids is 1. The molecule has 3 rings (SSSR count). The fraction of sp³-hybridized carbons (Fsp3) is 0.600. The Hall–Kier alpha value is -1.78. The molecule has 5 heteroatoms. The van der Waals surface area contributed by atoms with Gasteiger partial charge in [-0.2, -0.15) is 0 Å². The minimum Gasteiger partial charge on any atom is -0.481 e. The third kappa shape index (κ3) is 2.21. The molecule has 1 aliphatic carbocycles. The average molecular weight is 277 g/mol. The van der Waals surface area contributed by atoms with E-state index < -0.39 is 11.9 Å². The highest BCUT2D eigenvalue weighted by Gasteiger charge is 2.51. The molecule has 1 N–H and O–H groups in total. The zero-order valence-electron chi connectivity index (χ0n) is 11.5. The fourth-order valence-corrected chi connectivity index (χ4v) is 3.04. The Bertz CT molecular complexity index is 536. The molecule has 3 atom stereocenters. The van der Waals surface area contributed by atoms with Crippen LogP contribution in [0.25, 0.3) is 0 Å². The molecule has 0 bridgehead atoms. The Kier molecular flexibility index (Phi) is 3.28. The maximum absolute atomic E-state index is 12.4. The number of amides is 1. The SMILES string of the molecule is CCc1ccc([C@@H]2CCCN2C(=O)[C@@H]2C[C@H]2C(=O)O)o1. The van der Waals surface area contributed by atoms with Gasteiger partial charge in [-0.25, -0.2) is 0 Å². The van der Waals surface area contributed by atoms with E-state index in [1.54, 1.807) is 0 Å². The first-order valence-electron chi connectivity index (χ1n) is 7.23. The summed E-state index contributed by atoms with van der Waals surface area (Å²) in [6.07, 6.45) is 3.16. The second-order valence-electron chi connectivity index (χ2n) is 5.63. The fourth-order valence-electron chi connectivity index (χ4n) is 3.04. The van der Waals surface area contributed by atoms with E-state index in [2.05, 4.69) is 0 Å². The Balaban J connectivity index is 1.72. The number of aryl methyl sites for hydroxylation is 1. The number of carbonyl (C=O) groups is 2. The van der Waals surface area contributed by atoms with Crippen molar-refractivity contribution >= 4 is 11.9 Å². The average Bonchev–Trinajstić information content (AvgIpc) is 2.87. The van der Waals surface area contributed by atoms with Crippen LogP contribution in [0.4, 0.5) is 0 Å². The van der Waals surface area contributed by atoms with E-state index in [0.29, 0.717) is 13.0 Å². The van der Waals surface area contributed by atoms with Gasteiger partial charge in [0, 0.05) is 13.0 Å². The summed E-state index contributed by atoms with van der Waals surface area (Å²) in [5.74, 6) is 0.0781. The van der Waals surface area contributed by atoms with E-state index in [4.69, 9.17) is 9.52 Å². The molecule has 5 nitrogen and oxygen atoms in total. The molecule has 1 saturated carbocycles. The standard InChI is InChI=1S/C15H19NO4/c1-2-9-5-6-13(20-9)12-4-3-7-16(12)14(17)10-8-11(10)15(18)19/h5-6,10-12H,2-4,7-8H2,1H3,(H,18,19)/t10-,11-,12+/m1/s1. The molecule has 2 aliphatic rings. The van der Waals surface area contributed by atoms with Crippen LogP contribution in [0.3, 0.4) is 0 Å².